The molecular formula is C22H29N7O2. The van der Waals surface area contributed by atoms with E-state index in [4.69, 9.17) is 4.98 Å². The molecular weight excluding hydrogens is 394 g/mol. The first-order valence-electron chi connectivity index (χ1n) is 10.8. The summed E-state index contributed by atoms with van der Waals surface area (Å²) in [5, 5.41) is 5.77. The average Bonchev–Trinajstić information content (AvgIpc) is 3.03. The Morgan fingerprint density at radius 2 is 1.94 bits per heavy atom. The molecule has 31 heavy (non-hydrogen) atoms. The molecule has 2 aromatic heterocycles. The molecule has 2 saturated heterocycles. The molecule has 2 aliphatic rings. The van der Waals surface area contributed by atoms with E-state index in [9.17, 15) is 9.59 Å². The van der Waals surface area contributed by atoms with Gasteiger partial charge in [0.15, 0.2) is 0 Å². The number of carbonyl (C=O) groups excluding carboxylic acids is 2. The molecule has 2 aromatic rings. The van der Waals surface area contributed by atoms with Crippen LogP contribution >= 0.6 is 0 Å². The van der Waals surface area contributed by atoms with Gasteiger partial charge in [-0.25, -0.2) is 9.97 Å². The highest BCUT2D eigenvalue weighted by atomic mass is 16.2. The van der Waals surface area contributed by atoms with Crippen molar-refractivity contribution in [3.05, 3.63) is 35.8 Å². The Kier molecular flexibility index (Phi) is 6.01. The first-order valence-corrected chi connectivity index (χ1v) is 10.8. The Morgan fingerprint density at radius 3 is 2.58 bits per heavy atom. The lowest BCUT2D eigenvalue weighted by atomic mass is 10.1. The summed E-state index contributed by atoms with van der Waals surface area (Å²) in [5.74, 6) is 1.39. The molecule has 0 spiro atoms. The molecule has 2 bridgehead atoms. The van der Waals surface area contributed by atoms with Gasteiger partial charge in [-0.15, -0.1) is 0 Å². The topological polar surface area (TPSA) is 103 Å². The lowest BCUT2D eigenvalue weighted by Gasteiger charge is -2.41. The smallest absolute Gasteiger partial charge is 0.269 e. The van der Waals surface area contributed by atoms with Crippen LogP contribution in [0.25, 0.3) is 0 Å². The molecule has 2 aliphatic heterocycles. The zero-order chi connectivity index (χ0) is 22.0. The van der Waals surface area contributed by atoms with E-state index in [1.807, 2.05) is 19.1 Å². The van der Waals surface area contributed by atoms with Crippen LogP contribution in [0.2, 0.25) is 0 Å². The Bertz CT molecular complexity index is 966. The molecule has 2 fully saturated rings. The summed E-state index contributed by atoms with van der Waals surface area (Å²) in [6.45, 7) is 5.48. The van der Waals surface area contributed by atoms with Gasteiger partial charge in [-0.2, -0.15) is 4.98 Å². The second-order valence-corrected chi connectivity index (χ2v) is 8.17. The van der Waals surface area contributed by atoms with Gasteiger partial charge < -0.3 is 20.4 Å². The number of amides is 2. The van der Waals surface area contributed by atoms with E-state index in [-0.39, 0.29) is 23.9 Å². The lowest BCUT2D eigenvalue weighted by Crippen LogP contribution is -2.56. The Hall–Kier alpha value is -3.23. The molecule has 0 aliphatic carbocycles. The van der Waals surface area contributed by atoms with Crippen molar-refractivity contribution in [1.82, 2.24) is 25.2 Å². The van der Waals surface area contributed by atoms with Crippen LogP contribution in [0.1, 0.15) is 48.7 Å². The maximum absolute atomic E-state index is 12.5. The Labute approximate surface area is 182 Å². The van der Waals surface area contributed by atoms with E-state index in [0.29, 0.717) is 18.1 Å². The number of rotatable bonds is 6. The fourth-order valence-electron chi connectivity index (χ4n) is 4.55. The standard InChI is InChI=1S/C22H29N7O2/c1-4-5-19(30)29-16-6-7-17(29)13-28(12-16)18-8-9-24-22(27-18)26-15-10-14(2)20(25-11-15)21(31)23-3/h8-11,16-17H,4-7,12-13H2,1-3H3,(H,23,31)(H,24,26,27)/t16-,17+. The first-order chi connectivity index (χ1) is 15.0. The second kappa shape index (κ2) is 8.87. The summed E-state index contributed by atoms with van der Waals surface area (Å²) >= 11 is 0. The van der Waals surface area contributed by atoms with Gasteiger partial charge in [0.05, 0.1) is 11.9 Å². The number of hydrogen-bond donors (Lipinski definition) is 2. The normalized spacial score (nSPS) is 20.0. The number of nitrogens with one attached hydrogen (secondary N) is 2. The highest BCUT2D eigenvalue weighted by Gasteiger charge is 2.42. The quantitative estimate of drug-likeness (QED) is 0.734. The van der Waals surface area contributed by atoms with Crippen LogP contribution in [-0.4, -0.2) is 63.9 Å². The van der Waals surface area contributed by atoms with Gasteiger partial charge in [-0.3, -0.25) is 9.59 Å². The summed E-state index contributed by atoms with van der Waals surface area (Å²) in [6.07, 6.45) is 6.95. The van der Waals surface area contributed by atoms with Crippen LogP contribution in [0.3, 0.4) is 0 Å². The van der Waals surface area contributed by atoms with Crippen LogP contribution in [-0.2, 0) is 4.79 Å². The summed E-state index contributed by atoms with van der Waals surface area (Å²) in [7, 11) is 1.58. The number of nitrogens with zero attached hydrogens (tertiary/aromatic N) is 5. The van der Waals surface area contributed by atoms with Crippen molar-refractivity contribution in [3.63, 3.8) is 0 Å². The van der Waals surface area contributed by atoms with E-state index in [0.717, 1.165) is 49.4 Å². The maximum Gasteiger partial charge on any atom is 0.269 e. The van der Waals surface area contributed by atoms with Crippen LogP contribution < -0.4 is 15.5 Å². The predicted molar refractivity (Wildman–Crippen MR) is 118 cm³/mol. The lowest BCUT2D eigenvalue weighted by molar-refractivity contribution is -0.134. The summed E-state index contributed by atoms with van der Waals surface area (Å²) in [6, 6.07) is 4.28. The minimum atomic E-state index is -0.214. The molecule has 0 radical (unpaired) electrons. The molecule has 2 amide bonds. The SMILES string of the molecule is CCCC(=O)N1[C@@H]2CC[C@H]1CN(c1ccnc(Nc3cnc(C(=O)NC)c(C)c3)n1)C2. The van der Waals surface area contributed by atoms with E-state index in [1.165, 1.54) is 0 Å². The maximum atomic E-state index is 12.5. The molecule has 2 atom stereocenters. The van der Waals surface area contributed by atoms with Gasteiger partial charge in [0.1, 0.15) is 11.5 Å². The van der Waals surface area contributed by atoms with Crippen LogP contribution in [0.5, 0.6) is 0 Å². The number of pyridine rings is 1. The van der Waals surface area contributed by atoms with E-state index >= 15 is 0 Å². The van der Waals surface area contributed by atoms with E-state index in [2.05, 4.69) is 37.3 Å². The van der Waals surface area contributed by atoms with E-state index in [1.54, 1.807) is 19.4 Å². The number of carbonyl (C=O) groups is 2. The van der Waals surface area contributed by atoms with Crippen LogP contribution in [0.4, 0.5) is 17.5 Å². The Balaban J connectivity index is 1.47. The number of aromatic nitrogens is 3. The molecule has 0 saturated carbocycles. The van der Waals surface area contributed by atoms with Crippen molar-refractivity contribution in [1.29, 1.82) is 0 Å². The monoisotopic (exact) mass is 423 g/mol. The number of anilines is 3. The Morgan fingerprint density at radius 1 is 1.19 bits per heavy atom. The molecule has 4 rings (SSSR count). The number of fused-ring (bicyclic) bond motifs is 2. The molecule has 9 heteroatoms. The highest BCUT2D eigenvalue weighted by Crippen LogP contribution is 2.33. The van der Waals surface area contributed by atoms with Crippen molar-refractivity contribution in [2.45, 2.75) is 51.6 Å². The van der Waals surface area contributed by atoms with Gasteiger partial charge in [0, 0.05) is 44.8 Å². The number of hydrogen-bond acceptors (Lipinski definition) is 7. The molecule has 2 N–H and O–H groups in total. The minimum absolute atomic E-state index is 0.214. The van der Waals surface area contributed by atoms with Crippen molar-refractivity contribution in [2.24, 2.45) is 0 Å². The van der Waals surface area contributed by atoms with Crippen molar-refractivity contribution >= 4 is 29.3 Å². The average molecular weight is 424 g/mol. The van der Waals surface area contributed by atoms with Crippen molar-refractivity contribution in [2.75, 3.05) is 30.4 Å². The first kappa shape index (κ1) is 21.0. The largest absolute Gasteiger partial charge is 0.354 e. The summed E-state index contributed by atoms with van der Waals surface area (Å²) < 4.78 is 0. The van der Waals surface area contributed by atoms with E-state index < -0.39 is 0 Å². The molecule has 164 valence electrons. The third kappa shape index (κ3) is 4.30. The van der Waals surface area contributed by atoms with Crippen molar-refractivity contribution in [3.8, 4) is 0 Å². The minimum Gasteiger partial charge on any atom is -0.354 e. The van der Waals surface area contributed by atoms with Gasteiger partial charge >= 0.3 is 0 Å². The van der Waals surface area contributed by atoms with Gasteiger partial charge in [-0.1, -0.05) is 6.92 Å². The van der Waals surface area contributed by atoms with Crippen LogP contribution in [0.15, 0.2) is 24.5 Å². The van der Waals surface area contributed by atoms with Gasteiger partial charge in [-0.05, 0) is 43.9 Å². The molecule has 9 nitrogen and oxygen atoms in total. The highest BCUT2D eigenvalue weighted by molar-refractivity contribution is 5.93. The third-order valence-electron chi connectivity index (χ3n) is 5.98. The number of piperazine rings is 1. The summed E-state index contributed by atoms with van der Waals surface area (Å²) in [4.78, 5) is 42.0. The van der Waals surface area contributed by atoms with Crippen molar-refractivity contribution < 1.29 is 9.59 Å². The van der Waals surface area contributed by atoms with Crippen LogP contribution in [0, 0.1) is 6.92 Å². The fourth-order valence-corrected chi connectivity index (χ4v) is 4.55. The third-order valence-corrected chi connectivity index (χ3v) is 5.98. The zero-order valence-electron chi connectivity index (χ0n) is 18.3. The molecule has 0 aromatic carbocycles. The zero-order valence-corrected chi connectivity index (χ0v) is 18.3. The molecule has 4 heterocycles. The van der Waals surface area contributed by atoms with Gasteiger partial charge in [0.25, 0.3) is 5.91 Å². The number of aryl methyl sites for hydroxylation is 1. The molecule has 0 unspecified atom stereocenters. The second-order valence-electron chi connectivity index (χ2n) is 8.17. The van der Waals surface area contributed by atoms with Gasteiger partial charge in [0.2, 0.25) is 11.9 Å². The summed E-state index contributed by atoms with van der Waals surface area (Å²) in [5.41, 5.74) is 1.89. The fraction of sp³-hybridized carbons (Fsp3) is 0.500. The predicted octanol–water partition coefficient (Wildman–Crippen LogP) is 2.26.